The molecule has 152 valence electrons. The molecule has 2 aromatic carbocycles. The van der Waals surface area contributed by atoms with Crippen LogP contribution in [0.4, 0.5) is 11.4 Å². The van der Waals surface area contributed by atoms with Crippen LogP contribution in [0, 0.1) is 0 Å². The second-order valence-corrected chi connectivity index (χ2v) is 7.32. The number of aromatic nitrogens is 2. The number of hydrogen-bond donors (Lipinski definition) is 2. The molecule has 1 amide bonds. The van der Waals surface area contributed by atoms with Crippen LogP contribution in [0.25, 0.3) is 10.9 Å². The molecular weight excluding hydrogens is 368 g/mol. The maximum atomic E-state index is 13.1. The van der Waals surface area contributed by atoms with E-state index < -0.39 is 0 Å². The maximum Gasteiger partial charge on any atom is 0.261 e. The van der Waals surface area contributed by atoms with E-state index in [0.29, 0.717) is 0 Å². The van der Waals surface area contributed by atoms with Crippen LogP contribution in [0.2, 0.25) is 0 Å². The van der Waals surface area contributed by atoms with Crippen molar-refractivity contribution in [1.82, 2.24) is 10.2 Å². The number of morpholine rings is 1. The third-order valence-electron chi connectivity index (χ3n) is 5.39. The molecule has 1 aromatic heterocycles. The minimum absolute atomic E-state index is 0.0500. The van der Waals surface area contributed by atoms with Gasteiger partial charge in [-0.15, -0.1) is 0 Å². The summed E-state index contributed by atoms with van der Waals surface area (Å²) in [5.74, 6) is -0.307. The number of aromatic hydroxyl groups is 1. The van der Waals surface area contributed by atoms with Gasteiger partial charge in [0.05, 0.1) is 30.0 Å². The van der Waals surface area contributed by atoms with Crippen molar-refractivity contribution in [2.24, 2.45) is 0 Å². The van der Waals surface area contributed by atoms with Crippen molar-refractivity contribution in [3.8, 4) is 5.75 Å². The van der Waals surface area contributed by atoms with Crippen LogP contribution in [0.1, 0.15) is 29.4 Å². The van der Waals surface area contributed by atoms with Gasteiger partial charge >= 0.3 is 0 Å². The van der Waals surface area contributed by atoms with E-state index in [4.69, 9.17) is 4.74 Å². The summed E-state index contributed by atoms with van der Waals surface area (Å²) in [6.07, 6.45) is 1.77. The van der Waals surface area contributed by atoms with Crippen molar-refractivity contribution in [1.29, 1.82) is 0 Å². The molecule has 2 N–H and O–H groups in total. The van der Waals surface area contributed by atoms with Gasteiger partial charge in [-0.05, 0) is 36.8 Å². The molecule has 0 spiro atoms. The normalized spacial score (nSPS) is 14.3. The lowest BCUT2D eigenvalue weighted by molar-refractivity contribution is 0.0990. The van der Waals surface area contributed by atoms with E-state index in [1.54, 1.807) is 24.1 Å². The topological polar surface area (TPSA) is 81.7 Å². The average Bonchev–Trinajstić information content (AvgIpc) is 3.14. The fourth-order valence-corrected chi connectivity index (χ4v) is 3.71. The zero-order valence-electron chi connectivity index (χ0n) is 16.8. The number of carbonyl (C=O) groups excluding carboxylic acids is 1. The number of aryl methyl sites for hydroxylation is 1. The van der Waals surface area contributed by atoms with Crippen LogP contribution in [0.3, 0.4) is 0 Å². The Balaban J connectivity index is 1.58. The number of anilines is 2. The van der Waals surface area contributed by atoms with Crippen molar-refractivity contribution < 1.29 is 14.6 Å². The highest BCUT2D eigenvalue weighted by Gasteiger charge is 2.20. The van der Waals surface area contributed by atoms with Gasteiger partial charge in [0.25, 0.3) is 5.91 Å². The summed E-state index contributed by atoms with van der Waals surface area (Å²) in [5, 5.41) is 18.5. The molecule has 29 heavy (non-hydrogen) atoms. The van der Waals surface area contributed by atoms with E-state index in [1.807, 2.05) is 24.3 Å². The molecule has 4 rings (SSSR count). The number of carbonyl (C=O) groups is 1. The van der Waals surface area contributed by atoms with Gasteiger partial charge in [0.1, 0.15) is 5.75 Å². The quantitative estimate of drug-likeness (QED) is 0.694. The maximum absolute atomic E-state index is 13.1. The Labute approximate surface area is 169 Å². The van der Waals surface area contributed by atoms with Crippen molar-refractivity contribution >= 4 is 28.2 Å². The Hall–Kier alpha value is -3.06. The number of ether oxygens (including phenoxy) is 1. The van der Waals surface area contributed by atoms with Crippen LogP contribution >= 0.6 is 0 Å². The summed E-state index contributed by atoms with van der Waals surface area (Å²) in [6, 6.07) is 11.2. The number of fused-ring (bicyclic) bond motifs is 1. The second kappa shape index (κ2) is 8.13. The van der Waals surface area contributed by atoms with Gasteiger partial charge in [-0.25, -0.2) is 0 Å². The first-order chi connectivity index (χ1) is 14.1. The lowest BCUT2D eigenvalue weighted by Gasteiger charge is -2.29. The largest absolute Gasteiger partial charge is 0.507 e. The lowest BCUT2D eigenvalue weighted by atomic mass is 10.1. The van der Waals surface area contributed by atoms with E-state index in [1.165, 1.54) is 0 Å². The van der Waals surface area contributed by atoms with Gasteiger partial charge in [0.15, 0.2) is 0 Å². The number of nitrogens with one attached hydrogen (secondary N) is 1. The first-order valence-corrected chi connectivity index (χ1v) is 9.99. The minimum Gasteiger partial charge on any atom is -0.507 e. The van der Waals surface area contributed by atoms with E-state index in [2.05, 4.69) is 22.0 Å². The monoisotopic (exact) mass is 394 g/mol. The van der Waals surface area contributed by atoms with Crippen molar-refractivity contribution in [3.63, 3.8) is 0 Å². The Morgan fingerprint density at radius 2 is 1.97 bits per heavy atom. The molecule has 0 radical (unpaired) electrons. The Morgan fingerprint density at radius 3 is 2.66 bits per heavy atom. The first-order valence-electron chi connectivity index (χ1n) is 9.99. The van der Waals surface area contributed by atoms with Gasteiger partial charge in [-0.1, -0.05) is 13.3 Å². The molecule has 1 saturated heterocycles. The molecule has 1 fully saturated rings. The van der Waals surface area contributed by atoms with Gasteiger partial charge < -0.3 is 19.6 Å². The predicted octanol–water partition coefficient (Wildman–Crippen LogP) is 3.33. The van der Waals surface area contributed by atoms with Gasteiger partial charge in [-0.2, -0.15) is 5.10 Å². The molecule has 0 bridgehead atoms. The highest BCUT2D eigenvalue weighted by Crippen LogP contribution is 2.29. The Kier molecular flexibility index (Phi) is 5.40. The summed E-state index contributed by atoms with van der Waals surface area (Å²) >= 11 is 0. The standard InChI is InChI=1S/C22H26N4O3/c1-3-4-19-17-13-18(21(27)14-20(17)24-23-19)22(28)25(2)15-5-7-16(8-6-15)26-9-11-29-12-10-26/h5-8,13-14,27H,3-4,9-12H2,1-2H3,(H,23,24). The fourth-order valence-electron chi connectivity index (χ4n) is 3.71. The van der Waals surface area contributed by atoms with E-state index in [0.717, 1.165) is 67.1 Å². The Morgan fingerprint density at radius 1 is 1.24 bits per heavy atom. The number of rotatable bonds is 5. The SMILES string of the molecule is CCCc1n[nH]c2cc(O)c(C(=O)N(C)c3ccc(N4CCOCC4)cc3)cc12. The third-order valence-corrected chi connectivity index (χ3v) is 5.39. The fraction of sp³-hybridized carbons (Fsp3) is 0.364. The second-order valence-electron chi connectivity index (χ2n) is 7.32. The molecule has 1 aliphatic heterocycles. The minimum atomic E-state index is -0.257. The molecular formula is C22H26N4O3. The highest BCUT2D eigenvalue weighted by molar-refractivity contribution is 6.09. The number of phenolic OH excluding ortho intramolecular Hbond substituents is 1. The van der Waals surface area contributed by atoms with Crippen LogP contribution in [-0.2, 0) is 11.2 Å². The zero-order valence-corrected chi connectivity index (χ0v) is 16.8. The van der Waals surface area contributed by atoms with Crippen molar-refractivity contribution in [3.05, 3.63) is 47.7 Å². The molecule has 0 saturated carbocycles. The van der Waals surface area contributed by atoms with Gasteiger partial charge in [0.2, 0.25) is 0 Å². The summed E-state index contributed by atoms with van der Waals surface area (Å²) in [6.45, 7) is 5.28. The molecule has 7 nitrogen and oxygen atoms in total. The number of phenols is 1. The number of aromatic amines is 1. The Bertz CT molecular complexity index is 1010. The molecule has 0 aliphatic carbocycles. The molecule has 2 heterocycles. The van der Waals surface area contributed by atoms with Crippen molar-refractivity contribution in [2.75, 3.05) is 43.2 Å². The molecule has 7 heteroatoms. The average molecular weight is 394 g/mol. The van der Waals surface area contributed by atoms with Crippen molar-refractivity contribution in [2.45, 2.75) is 19.8 Å². The predicted molar refractivity (Wildman–Crippen MR) is 114 cm³/mol. The number of H-pyrrole nitrogens is 1. The third kappa shape index (κ3) is 3.78. The van der Waals surface area contributed by atoms with E-state index in [9.17, 15) is 9.90 Å². The summed E-state index contributed by atoms with van der Waals surface area (Å²) in [5.41, 5.74) is 3.81. The first kappa shape index (κ1) is 19.3. The number of nitrogens with zero attached hydrogens (tertiary/aromatic N) is 3. The summed E-state index contributed by atoms with van der Waals surface area (Å²) in [4.78, 5) is 16.9. The highest BCUT2D eigenvalue weighted by atomic mass is 16.5. The molecule has 1 aliphatic rings. The molecule has 0 atom stereocenters. The smallest absolute Gasteiger partial charge is 0.261 e. The number of amides is 1. The summed E-state index contributed by atoms with van der Waals surface area (Å²) in [7, 11) is 1.72. The number of benzene rings is 2. The van der Waals surface area contributed by atoms with Gasteiger partial charge in [0, 0.05) is 43.0 Å². The van der Waals surface area contributed by atoms with Crippen LogP contribution in [0.15, 0.2) is 36.4 Å². The molecule has 3 aromatic rings. The lowest BCUT2D eigenvalue weighted by Crippen LogP contribution is -2.36. The molecule has 0 unspecified atom stereocenters. The van der Waals surface area contributed by atoms with Crippen LogP contribution in [0.5, 0.6) is 5.75 Å². The number of hydrogen-bond acceptors (Lipinski definition) is 5. The van der Waals surface area contributed by atoms with E-state index >= 15 is 0 Å². The zero-order chi connectivity index (χ0) is 20.4. The van der Waals surface area contributed by atoms with Crippen LogP contribution < -0.4 is 9.80 Å². The summed E-state index contributed by atoms with van der Waals surface area (Å²) < 4.78 is 5.40. The van der Waals surface area contributed by atoms with E-state index in [-0.39, 0.29) is 17.2 Å². The van der Waals surface area contributed by atoms with Crippen LogP contribution in [-0.4, -0.2) is 54.6 Å². The van der Waals surface area contributed by atoms with Gasteiger partial charge in [-0.3, -0.25) is 9.89 Å².